The summed E-state index contributed by atoms with van der Waals surface area (Å²) in [6.07, 6.45) is -6.81. The van der Waals surface area contributed by atoms with Crippen LogP contribution >= 0.6 is 0 Å². The molecule has 0 aromatic heterocycles. The zero-order valence-electron chi connectivity index (χ0n) is 40.8. The van der Waals surface area contributed by atoms with Crippen molar-refractivity contribution in [1.82, 2.24) is 0 Å². The Balaban J connectivity index is 0.000000132. The third kappa shape index (κ3) is 11.5. The highest BCUT2D eigenvalue weighted by atomic mass is 16.9. The average Bonchev–Trinajstić information content (AvgIpc) is 4.11. The molecule has 10 aliphatic rings. The van der Waals surface area contributed by atoms with Gasteiger partial charge < -0.3 is 105 Å². The van der Waals surface area contributed by atoms with E-state index in [1.165, 1.54) is 7.11 Å². The fourth-order valence-electron chi connectivity index (χ4n) is 9.68. The molecule has 22 heteroatoms. The second-order valence-corrected chi connectivity index (χ2v) is 20.6. The molecule has 19 atom stereocenters. The van der Waals surface area contributed by atoms with Gasteiger partial charge >= 0.3 is 0 Å². The molecule has 10 fully saturated rings. The molecule has 10 saturated heterocycles. The molecule has 0 spiro atoms. The molecule has 66 heavy (non-hydrogen) atoms. The second-order valence-electron chi connectivity index (χ2n) is 20.6. The van der Waals surface area contributed by atoms with Gasteiger partial charge in [-0.25, -0.2) is 0 Å². The summed E-state index contributed by atoms with van der Waals surface area (Å²) in [7, 11) is 3.17. The number of hydrogen-bond donors (Lipinski definition) is 3. The van der Waals surface area contributed by atoms with E-state index in [2.05, 4.69) is 0 Å². The lowest BCUT2D eigenvalue weighted by molar-refractivity contribution is -0.234. The first-order valence-electron chi connectivity index (χ1n) is 22.8. The lowest BCUT2D eigenvalue weighted by atomic mass is 10.0. The van der Waals surface area contributed by atoms with Gasteiger partial charge in [0, 0.05) is 20.1 Å². The van der Waals surface area contributed by atoms with Crippen LogP contribution in [-0.2, 0) is 90.1 Å². The molecule has 3 N–H and O–H groups in total. The van der Waals surface area contributed by atoms with Gasteiger partial charge in [0.2, 0.25) is 0 Å². The van der Waals surface area contributed by atoms with Crippen molar-refractivity contribution in [3.63, 3.8) is 0 Å². The molecule has 0 aromatic rings. The molecular weight excluding hydrogens is 880 g/mol. The van der Waals surface area contributed by atoms with Crippen molar-refractivity contribution in [2.24, 2.45) is 5.92 Å². The molecule has 0 aliphatic carbocycles. The van der Waals surface area contributed by atoms with Crippen LogP contribution in [0, 0.1) is 5.92 Å². The first-order valence-corrected chi connectivity index (χ1v) is 22.8. The number of aldehydes is 1. The molecular formula is C44H74O22. The number of hydrogen-bond acceptors (Lipinski definition) is 22. The molecule has 10 rings (SSSR count). The van der Waals surface area contributed by atoms with Gasteiger partial charge in [-0.2, -0.15) is 0 Å². The molecule has 2 unspecified atom stereocenters. The quantitative estimate of drug-likeness (QED) is 0.305. The molecule has 0 saturated carbocycles. The van der Waals surface area contributed by atoms with Crippen molar-refractivity contribution in [2.75, 3.05) is 34.0 Å². The summed E-state index contributed by atoms with van der Waals surface area (Å²) < 4.78 is 101. The van der Waals surface area contributed by atoms with E-state index in [0.717, 1.165) is 6.29 Å². The molecule has 0 aromatic carbocycles. The van der Waals surface area contributed by atoms with E-state index in [-0.39, 0.29) is 67.6 Å². The predicted molar refractivity (Wildman–Crippen MR) is 221 cm³/mol. The second kappa shape index (κ2) is 19.4. The van der Waals surface area contributed by atoms with Gasteiger partial charge in [0.05, 0.1) is 19.8 Å². The van der Waals surface area contributed by atoms with E-state index in [0.29, 0.717) is 13.2 Å². The molecule has 0 bridgehead atoms. The predicted octanol–water partition coefficient (Wildman–Crippen LogP) is 1.33. The van der Waals surface area contributed by atoms with E-state index < -0.39 is 90.2 Å². The maximum absolute atomic E-state index is 10.6. The number of ether oxygens (including phenoxy) is 18. The lowest BCUT2D eigenvalue weighted by Gasteiger charge is -2.28. The molecule has 0 radical (unpaired) electrons. The van der Waals surface area contributed by atoms with Crippen molar-refractivity contribution in [1.29, 1.82) is 0 Å². The number of carbonyl (C=O) groups is 1. The van der Waals surface area contributed by atoms with Crippen molar-refractivity contribution < 1.29 is 105 Å². The fourth-order valence-corrected chi connectivity index (χ4v) is 9.68. The van der Waals surface area contributed by atoms with Gasteiger partial charge in [-0.3, -0.25) is 0 Å². The Labute approximate surface area is 386 Å². The zero-order valence-corrected chi connectivity index (χ0v) is 40.8. The highest BCUT2D eigenvalue weighted by Crippen LogP contribution is 2.44. The maximum Gasteiger partial charge on any atom is 0.190 e. The van der Waals surface area contributed by atoms with Gasteiger partial charge in [-0.05, 0) is 83.1 Å². The Kier molecular flexibility index (Phi) is 15.5. The minimum Gasteiger partial charge on any atom is -0.394 e. The molecule has 10 aliphatic heterocycles. The van der Waals surface area contributed by atoms with Gasteiger partial charge in [0.15, 0.2) is 59.9 Å². The van der Waals surface area contributed by atoms with Crippen LogP contribution in [0.5, 0.6) is 0 Å². The molecule has 0 amide bonds. The summed E-state index contributed by atoms with van der Waals surface area (Å²) >= 11 is 0. The zero-order chi connectivity index (χ0) is 48.5. The minimum absolute atomic E-state index is 0.0734. The average molecular weight is 955 g/mol. The van der Waals surface area contributed by atoms with Gasteiger partial charge in [0.25, 0.3) is 0 Å². The molecule has 10 heterocycles. The van der Waals surface area contributed by atoms with E-state index >= 15 is 0 Å². The fraction of sp³-hybridized carbons (Fsp3) is 0.977. The molecule has 22 nitrogen and oxygen atoms in total. The van der Waals surface area contributed by atoms with Crippen LogP contribution in [0.2, 0.25) is 0 Å². The third-order valence-corrected chi connectivity index (χ3v) is 12.6. The lowest BCUT2D eigenvalue weighted by Crippen LogP contribution is -2.43. The largest absolute Gasteiger partial charge is 0.394 e. The van der Waals surface area contributed by atoms with Crippen LogP contribution in [0.4, 0.5) is 0 Å². The maximum atomic E-state index is 10.6. The summed E-state index contributed by atoms with van der Waals surface area (Å²) in [5, 5.41) is 28.7. The first kappa shape index (κ1) is 52.6. The monoisotopic (exact) mass is 954 g/mol. The van der Waals surface area contributed by atoms with Gasteiger partial charge in [0.1, 0.15) is 91.7 Å². The van der Waals surface area contributed by atoms with Crippen LogP contribution in [0.1, 0.15) is 90.0 Å². The van der Waals surface area contributed by atoms with Crippen LogP contribution in [0.25, 0.3) is 0 Å². The number of aliphatic hydroxyl groups excluding tert-OH is 3. The van der Waals surface area contributed by atoms with E-state index in [1.54, 1.807) is 34.8 Å². The van der Waals surface area contributed by atoms with Crippen LogP contribution < -0.4 is 0 Å². The van der Waals surface area contributed by atoms with Crippen LogP contribution in [0.3, 0.4) is 0 Å². The van der Waals surface area contributed by atoms with Gasteiger partial charge in [-0.1, -0.05) is 6.92 Å². The summed E-state index contributed by atoms with van der Waals surface area (Å²) in [6, 6.07) is 0. The summed E-state index contributed by atoms with van der Waals surface area (Å²) in [4.78, 5) is 10.6. The summed E-state index contributed by atoms with van der Waals surface area (Å²) in [5.41, 5.74) is 0. The van der Waals surface area contributed by atoms with Crippen molar-refractivity contribution in [3.05, 3.63) is 0 Å². The first-order chi connectivity index (χ1) is 30.6. The van der Waals surface area contributed by atoms with Gasteiger partial charge in [-0.15, -0.1) is 0 Å². The van der Waals surface area contributed by atoms with E-state index in [1.807, 2.05) is 62.3 Å². The number of methoxy groups -OCH3 is 2. The highest BCUT2D eigenvalue weighted by molar-refractivity contribution is 5.57. The normalized spacial score (nSPS) is 47.1. The van der Waals surface area contributed by atoms with Crippen molar-refractivity contribution in [3.8, 4) is 0 Å². The van der Waals surface area contributed by atoms with Crippen LogP contribution in [-0.4, -0.2) is 201 Å². The highest BCUT2D eigenvalue weighted by Gasteiger charge is 2.61. The van der Waals surface area contributed by atoms with Crippen molar-refractivity contribution in [2.45, 2.75) is 235 Å². The van der Waals surface area contributed by atoms with Crippen LogP contribution in [0.15, 0.2) is 0 Å². The SMILES string of the molecule is CC1(C)OCC([C@H]2O[C@@H]3OC(C)(C)O[C@@H]3[C@@H]2O)O1.CO[C@H]1[C@H]2OC(C)(C)O[C@H]2O[C@@H]1C1COC(C)(C)O1.CO[C@H]1[C@H]2OC(C)(C)O[C@H]2O[C@@H]1[C@H](O)CO.C[C@H]1[C@H]2OC(C)(C)O[C@H]2O[C@@H]1C=O. The Morgan fingerprint density at radius 2 is 0.939 bits per heavy atom. The standard InChI is InChI=1S/C13H22O6.C12H20O6.C10H18O6.C9H14O4/c1-12(2)15-6-7(17-12)8-9(14-5)10-11(16-8)19-13(3,4)18-10;1-11(2)14-5-6(16-11)8-7(13)9-10(15-8)18-12(3,4)17-9;1-10(2)15-8-7(13-3)6(5(12)4-11)14-9(8)16-10;1-5-6(4-10)11-8-7(5)12-9(2,3)13-8/h7-11H,6H2,1-5H3;6-10,13H,5H2,1-4H3;5-9,11-12H,4H2,1-3H3;4-8H,1-3H3/t7?,8-,9-,10-,11-;6?,7-,8-,9-,10-;5-,6-,7-,8-,9-;5-,6-,7-,8-/m1111/s1. The van der Waals surface area contributed by atoms with E-state index in [9.17, 15) is 15.0 Å². The summed E-state index contributed by atoms with van der Waals surface area (Å²) in [5.74, 6) is -3.78. The van der Waals surface area contributed by atoms with E-state index in [4.69, 9.17) is 90.4 Å². The Morgan fingerprint density at radius 1 is 0.530 bits per heavy atom. The molecule has 382 valence electrons. The smallest absolute Gasteiger partial charge is 0.190 e. The topological polar surface area (TPSA) is 244 Å². The number of carbonyl (C=O) groups excluding carboxylic acids is 1. The number of aliphatic hydroxyl groups is 3. The van der Waals surface area contributed by atoms with Crippen molar-refractivity contribution >= 4 is 6.29 Å². The Morgan fingerprint density at radius 3 is 1.36 bits per heavy atom. The third-order valence-electron chi connectivity index (χ3n) is 12.6. The Bertz CT molecular complexity index is 1640. The Hall–Kier alpha value is -1.17. The minimum atomic E-state index is -0.995. The summed E-state index contributed by atoms with van der Waals surface area (Å²) in [6.45, 7) is 24.5. The number of rotatable bonds is 7. The number of fused-ring (bicyclic) bond motifs is 4.